The molecule has 0 spiro atoms. The molecule has 0 radical (unpaired) electrons. The molecule has 2 aliphatic rings. The van der Waals surface area contributed by atoms with Crippen molar-refractivity contribution in [1.82, 2.24) is 19.6 Å². The van der Waals surface area contributed by atoms with Crippen LogP contribution in [0.3, 0.4) is 0 Å². The zero-order chi connectivity index (χ0) is 22.4. The minimum absolute atomic E-state index is 0.0882. The highest BCUT2D eigenvalue weighted by molar-refractivity contribution is 5.87. The number of aromatic nitrogens is 2. The summed E-state index contributed by atoms with van der Waals surface area (Å²) in [5.41, 5.74) is 4.14. The normalized spacial score (nSPS) is 20.4. The average molecular weight is 425 g/mol. The van der Waals surface area contributed by atoms with Crippen LogP contribution in [-0.4, -0.2) is 61.4 Å². The Morgan fingerprint density at radius 1 is 1.29 bits per heavy atom. The maximum atomic E-state index is 12.4. The third kappa shape index (κ3) is 3.45. The van der Waals surface area contributed by atoms with Crippen LogP contribution in [0.5, 0.6) is 5.75 Å². The third-order valence-electron chi connectivity index (χ3n) is 6.33. The fourth-order valence-electron chi connectivity index (χ4n) is 4.70. The quantitative estimate of drug-likeness (QED) is 0.736. The second-order valence-corrected chi connectivity index (χ2v) is 8.65. The molecule has 0 saturated carbocycles. The van der Waals surface area contributed by atoms with E-state index in [2.05, 4.69) is 20.4 Å². The SMILES string of the molecule is C=CC(=O)N1CC(C)c2nn(-c3ccc(C(C)C)cc3O)c3c2C(C1)N(C(=O)O)CC3. The summed E-state index contributed by atoms with van der Waals surface area (Å²) in [6.45, 7) is 10.7. The standard InChI is InChI=1S/C23H28N4O4/c1-5-20(29)25-11-14(4)22-21-17(8-9-26(23(30)31)18(21)12-25)27(24-22)16-7-6-15(13(2)3)10-19(16)28/h5-7,10,13-14,18,28H,1,8-9,11-12H2,2-4H3,(H,30,31). The lowest BCUT2D eigenvalue weighted by molar-refractivity contribution is -0.127. The molecule has 8 heteroatoms. The van der Waals surface area contributed by atoms with Crippen LogP contribution in [0.25, 0.3) is 5.69 Å². The van der Waals surface area contributed by atoms with E-state index in [1.165, 1.54) is 11.0 Å². The number of carbonyl (C=O) groups excluding carboxylic acids is 1. The van der Waals surface area contributed by atoms with Crippen LogP contribution >= 0.6 is 0 Å². The summed E-state index contributed by atoms with van der Waals surface area (Å²) in [5.74, 6) is 0.127. The largest absolute Gasteiger partial charge is 0.506 e. The van der Waals surface area contributed by atoms with Gasteiger partial charge in [0, 0.05) is 37.5 Å². The Balaban J connectivity index is 1.86. The van der Waals surface area contributed by atoms with Gasteiger partial charge >= 0.3 is 6.09 Å². The first-order chi connectivity index (χ1) is 14.7. The maximum Gasteiger partial charge on any atom is 0.407 e. The number of aromatic hydroxyl groups is 1. The molecule has 0 fully saturated rings. The van der Waals surface area contributed by atoms with E-state index in [4.69, 9.17) is 5.10 Å². The van der Waals surface area contributed by atoms with E-state index < -0.39 is 12.1 Å². The molecule has 1 aromatic heterocycles. The van der Waals surface area contributed by atoms with Crippen molar-refractivity contribution in [3.8, 4) is 11.4 Å². The van der Waals surface area contributed by atoms with Crippen LogP contribution in [0.15, 0.2) is 30.9 Å². The first-order valence-corrected chi connectivity index (χ1v) is 10.6. The zero-order valence-electron chi connectivity index (χ0n) is 18.1. The number of nitrogens with zero attached hydrogens (tertiary/aromatic N) is 4. The van der Waals surface area contributed by atoms with Gasteiger partial charge in [-0.2, -0.15) is 5.10 Å². The predicted molar refractivity (Wildman–Crippen MR) is 116 cm³/mol. The number of carboxylic acid groups (broad SMARTS) is 1. The van der Waals surface area contributed by atoms with Gasteiger partial charge in [0.25, 0.3) is 0 Å². The second kappa shape index (κ2) is 7.76. The summed E-state index contributed by atoms with van der Waals surface area (Å²) in [6, 6.07) is 5.11. The molecule has 0 bridgehead atoms. The van der Waals surface area contributed by atoms with Gasteiger partial charge in [0.05, 0.1) is 17.4 Å². The molecule has 2 amide bonds. The summed E-state index contributed by atoms with van der Waals surface area (Å²) in [7, 11) is 0. The van der Waals surface area contributed by atoms with E-state index >= 15 is 0 Å². The summed E-state index contributed by atoms with van der Waals surface area (Å²) in [6.07, 6.45) is 0.733. The molecule has 164 valence electrons. The van der Waals surface area contributed by atoms with Crippen molar-refractivity contribution < 1.29 is 19.8 Å². The average Bonchev–Trinajstić information content (AvgIpc) is 3.05. The van der Waals surface area contributed by atoms with Gasteiger partial charge in [-0.05, 0) is 29.7 Å². The van der Waals surface area contributed by atoms with Gasteiger partial charge in [0.2, 0.25) is 5.91 Å². The predicted octanol–water partition coefficient (Wildman–Crippen LogP) is 3.41. The zero-order valence-corrected chi connectivity index (χ0v) is 18.1. The molecule has 2 aromatic rings. The lowest BCUT2D eigenvalue weighted by atomic mass is 9.93. The van der Waals surface area contributed by atoms with E-state index in [9.17, 15) is 19.8 Å². The van der Waals surface area contributed by atoms with Gasteiger partial charge in [-0.1, -0.05) is 33.4 Å². The summed E-state index contributed by atoms with van der Waals surface area (Å²) in [4.78, 5) is 27.4. The fourth-order valence-corrected chi connectivity index (χ4v) is 4.70. The molecule has 8 nitrogen and oxygen atoms in total. The third-order valence-corrected chi connectivity index (χ3v) is 6.33. The van der Waals surface area contributed by atoms with Crippen molar-refractivity contribution in [3.63, 3.8) is 0 Å². The van der Waals surface area contributed by atoms with E-state index in [0.29, 0.717) is 25.2 Å². The Morgan fingerprint density at radius 2 is 2.03 bits per heavy atom. The van der Waals surface area contributed by atoms with Crippen molar-refractivity contribution in [2.45, 2.75) is 45.1 Å². The highest BCUT2D eigenvalue weighted by Crippen LogP contribution is 2.41. The molecular weight excluding hydrogens is 396 g/mol. The van der Waals surface area contributed by atoms with Gasteiger partial charge in [-0.15, -0.1) is 0 Å². The number of hydrogen-bond acceptors (Lipinski definition) is 4. The van der Waals surface area contributed by atoms with E-state index in [1.807, 2.05) is 19.1 Å². The topological polar surface area (TPSA) is 98.9 Å². The van der Waals surface area contributed by atoms with Gasteiger partial charge < -0.3 is 15.1 Å². The van der Waals surface area contributed by atoms with Gasteiger partial charge in [-0.25, -0.2) is 9.48 Å². The lowest BCUT2D eigenvalue weighted by Gasteiger charge is -2.35. The highest BCUT2D eigenvalue weighted by Gasteiger charge is 2.41. The summed E-state index contributed by atoms with van der Waals surface area (Å²) in [5, 5.41) is 25.4. The van der Waals surface area contributed by atoms with Crippen molar-refractivity contribution in [2.24, 2.45) is 0 Å². The first kappa shape index (κ1) is 21.0. The van der Waals surface area contributed by atoms with Gasteiger partial charge in [-0.3, -0.25) is 9.69 Å². The Kier molecular flexibility index (Phi) is 5.24. The van der Waals surface area contributed by atoms with Crippen LogP contribution in [0.2, 0.25) is 0 Å². The number of hydrogen-bond donors (Lipinski definition) is 2. The Morgan fingerprint density at radius 3 is 2.65 bits per heavy atom. The van der Waals surface area contributed by atoms with Crippen LogP contribution in [0, 0.1) is 0 Å². The maximum absolute atomic E-state index is 12.4. The molecule has 4 rings (SSSR count). The van der Waals surface area contributed by atoms with Crippen molar-refractivity contribution in [2.75, 3.05) is 19.6 Å². The number of phenolic OH excluding ortho intramolecular Hbond substituents is 1. The fraction of sp³-hybridized carbons (Fsp3) is 0.435. The van der Waals surface area contributed by atoms with Gasteiger partial charge in [0.15, 0.2) is 0 Å². The molecule has 2 aliphatic heterocycles. The minimum Gasteiger partial charge on any atom is -0.506 e. The number of rotatable bonds is 3. The highest BCUT2D eigenvalue weighted by atomic mass is 16.4. The Labute approximate surface area is 181 Å². The van der Waals surface area contributed by atoms with Crippen LogP contribution in [0.1, 0.15) is 61.2 Å². The summed E-state index contributed by atoms with van der Waals surface area (Å²) >= 11 is 0. The van der Waals surface area contributed by atoms with Crippen LogP contribution in [-0.2, 0) is 11.2 Å². The van der Waals surface area contributed by atoms with E-state index in [1.54, 1.807) is 15.6 Å². The molecule has 2 atom stereocenters. The molecule has 31 heavy (non-hydrogen) atoms. The number of benzene rings is 1. The van der Waals surface area contributed by atoms with Crippen molar-refractivity contribution in [3.05, 3.63) is 53.4 Å². The molecule has 3 heterocycles. The number of amides is 2. The number of phenols is 1. The second-order valence-electron chi connectivity index (χ2n) is 8.65. The monoisotopic (exact) mass is 424 g/mol. The smallest absolute Gasteiger partial charge is 0.407 e. The molecule has 2 unspecified atom stereocenters. The Hall–Kier alpha value is -3.29. The van der Waals surface area contributed by atoms with Crippen LogP contribution < -0.4 is 0 Å². The van der Waals surface area contributed by atoms with Crippen molar-refractivity contribution >= 4 is 12.0 Å². The lowest BCUT2D eigenvalue weighted by Crippen LogP contribution is -2.45. The van der Waals surface area contributed by atoms with Gasteiger partial charge in [0.1, 0.15) is 11.4 Å². The molecule has 2 N–H and O–H groups in total. The molecule has 1 aromatic carbocycles. The van der Waals surface area contributed by atoms with Crippen LogP contribution in [0.4, 0.5) is 4.79 Å². The molecule has 0 aliphatic carbocycles. The molecule has 0 saturated heterocycles. The molecular formula is C23H28N4O4. The van der Waals surface area contributed by atoms with E-state index in [0.717, 1.165) is 22.5 Å². The minimum atomic E-state index is -1.01. The van der Waals surface area contributed by atoms with E-state index in [-0.39, 0.29) is 30.0 Å². The number of carbonyl (C=O) groups is 2. The van der Waals surface area contributed by atoms with Crippen molar-refractivity contribution in [1.29, 1.82) is 0 Å². The first-order valence-electron chi connectivity index (χ1n) is 10.6. The summed E-state index contributed by atoms with van der Waals surface area (Å²) < 4.78 is 1.76. The Bertz CT molecular complexity index is 1060.